The maximum Gasteiger partial charge on any atom is 0.234 e. The van der Waals surface area contributed by atoms with E-state index in [9.17, 15) is 4.79 Å². The lowest BCUT2D eigenvalue weighted by Crippen LogP contribution is -2.40. The molecule has 0 saturated heterocycles. The van der Waals surface area contributed by atoms with Crippen LogP contribution in [-0.2, 0) is 4.79 Å². The Morgan fingerprint density at radius 1 is 1.10 bits per heavy atom. The minimum atomic E-state index is -0.361. The smallest absolute Gasteiger partial charge is 0.234 e. The van der Waals surface area contributed by atoms with Crippen molar-refractivity contribution in [2.45, 2.75) is 12.5 Å². The van der Waals surface area contributed by atoms with Crippen molar-refractivity contribution in [2.75, 3.05) is 13.7 Å². The van der Waals surface area contributed by atoms with Crippen molar-refractivity contribution in [3.63, 3.8) is 0 Å². The van der Waals surface area contributed by atoms with Crippen molar-refractivity contribution in [1.29, 1.82) is 0 Å². The first-order valence-corrected chi connectivity index (χ1v) is 6.95. The van der Waals surface area contributed by atoms with Gasteiger partial charge in [-0.2, -0.15) is 0 Å². The van der Waals surface area contributed by atoms with Crippen LogP contribution in [0, 0.1) is 0 Å². The van der Waals surface area contributed by atoms with E-state index in [1.807, 2.05) is 42.5 Å². The lowest BCUT2D eigenvalue weighted by Gasteiger charge is -2.13. The highest BCUT2D eigenvalue weighted by Gasteiger charge is 2.12. The van der Waals surface area contributed by atoms with E-state index >= 15 is 0 Å². The number of hydrogen-bond acceptors (Lipinski definition) is 3. The predicted molar refractivity (Wildman–Crippen MR) is 84.0 cm³/mol. The fourth-order valence-corrected chi connectivity index (χ4v) is 2.10. The van der Waals surface area contributed by atoms with Crippen LogP contribution < -0.4 is 15.8 Å². The van der Waals surface area contributed by atoms with Gasteiger partial charge in [0.25, 0.3) is 0 Å². The molecule has 0 spiro atoms. The number of nitrogens with one attached hydrogen (secondary N) is 1. The first-order chi connectivity index (χ1) is 10.2. The van der Waals surface area contributed by atoms with Crippen molar-refractivity contribution in [2.24, 2.45) is 5.73 Å². The Hall–Kier alpha value is -2.33. The molecule has 0 heterocycles. The third-order valence-corrected chi connectivity index (χ3v) is 3.33. The molecule has 4 heteroatoms. The van der Waals surface area contributed by atoms with Gasteiger partial charge in [0.05, 0.1) is 12.6 Å². The molecule has 0 aromatic heterocycles. The Labute approximate surface area is 124 Å². The Bertz CT molecular complexity index is 567. The number of primary amides is 1. The molecule has 2 rings (SSSR count). The average molecular weight is 284 g/mol. The molecular formula is C17H20N2O2. The van der Waals surface area contributed by atoms with Crippen molar-refractivity contribution in [3.8, 4) is 16.9 Å². The topological polar surface area (TPSA) is 64.3 Å². The van der Waals surface area contributed by atoms with Gasteiger partial charge in [-0.15, -0.1) is 0 Å². The molecule has 1 unspecified atom stereocenters. The summed E-state index contributed by atoms with van der Waals surface area (Å²) in [6, 6.07) is 17.7. The SMILES string of the molecule is CNC(CCOc1ccc(-c2ccccc2)cc1)C(N)=O. The molecule has 1 amide bonds. The van der Waals surface area contributed by atoms with Crippen LogP contribution in [0.2, 0.25) is 0 Å². The lowest BCUT2D eigenvalue weighted by molar-refractivity contribution is -0.120. The van der Waals surface area contributed by atoms with Gasteiger partial charge < -0.3 is 15.8 Å². The molecule has 0 aliphatic carbocycles. The zero-order valence-corrected chi connectivity index (χ0v) is 12.1. The van der Waals surface area contributed by atoms with E-state index in [0.717, 1.165) is 11.3 Å². The van der Waals surface area contributed by atoms with Crippen molar-refractivity contribution < 1.29 is 9.53 Å². The zero-order chi connectivity index (χ0) is 15.1. The number of nitrogens with two attached hydrogens (primary N) is 1. The molecule has 110 valence electrons. The van der Waals surface area contributed by atoms with Gasteiger partial charge in [0.15, 0.2) is 0 Å². The predicted octanol–water partition coefficient (Wildman–Crippen LogP) is 2.20. The summed E-state index contributed by atoms with van der Waals surface area (Å²) in [5.41, 5.74) is 7.57. The van der Waals surface area contributed by atoms with Gasteiger partial charge in [-0.3, -0.25) is 4.79 Å². The van der Waals surface area contributed by atoms with Gasteiger partial charge in [-0.1, -0.05) is 42.5 Å². The van der Waals surface area contributed by atoms with Crippen LogP contribution in [-0.4, -0.2) is 25.6 Å². The normalized spacial score (nSPS) is 11.9. The minimum absolute atomic E-state index is 0.353. The fraction of sp³-hybridized carbons (Fsp3) is 0.235. The fourth-order valence-electron chi connectivity index (χ4n) is 2.10. The maximum absolute atomic E-state index is 11.1. The van der Waals surface area contributed by atoms with E-state index in [2.05, 4.69) is 17.4 Å². The van der Waals surface area contributed by atoms with Crippen LogP contribution in [0.25, 0.3) is 11.1 Å². The lowest BCUT2D eigenvalue weighted by atomic mass is 10.1. The van der Waals surface area contributed by atoms with Gasteiger partial charge in [-0.05, 0) is 30.3 Å². The third kappa shape index (κ3) is 4.33. The first kappa shape index (κ1) is 15.1. The molecular weight excluding hydrogens is 264 g/mol. The third-order valence-electron chi connectivity index (χ3n) is 3.33. The highest BCUT2D eigenvalue weighted by Crippen LogP contribution is 2.22. The molecule has 0 radical (unpaired) electrons. The van der Waals surface area contributed by atoms with Gasteiger partial charge >= 0.3 is 0 Å². The Kier molecular flexibility index (Phi) is 5.35. The molecule has 21 heavy (non-hydrogen) atoms. The Morgan fingerprint density at radius 3 is 2.29 bits per heavy atom. The second-order valence-corrected chi connectivity index (χ2v) is 4.77. The van der Waals surface area contributed by atoms with Gasteiger partial charge in [0, 0.05) is 6.42 Å². The van der Waals surface area contributed by atoms with Crippen LogP contribution >= 0.6 is 0 Å². The molecule has 3 N–H and O–H groups in total. The number of benzene rings is 2. The number of likely N-dealkylation sites (N-methyl/N-ethyl adjacent to an activating group) is 1. The highest BCUT2D eigenvalue weighted by molar-refractivity contribution is 5.79. The molecule has 4 nitrogen and oxygen atoms in total. The Morgan fingerprint density at radius 2 is 1.71 bits per heavy atom. The summed E-state index contributed by atoms with van der Waals surface area (Å²) in [7, 11) is 1.71. The number of ether oxygens (including phenoxy) is 1. The molecule has 0 saturated carbocycles. The van der Waals surface area contributed by atoms with Crippen LogP contribution in [0.1, 0.15) is 6.42 Å². The van der Waals surface area contributed by atoms with E-state index < -0.39 is 0 Å². The zero-order valence-electron chi connectivity index (χ0n) is 12.1. The average Bonchev–Trinajstić information content (AvgIpc) is 2.53. The van der Waals surface area contributed by atoms with E-state index in [0.29, 0.717) is 13.0 Å². The first-order valence-electron chi connectivity index (χ1n) is 6.95. The van der Waals surface area contributed by atoms with Gasteiger partial charge in [0.1, 0.15) is 5.75 Å². The second-order valence-electron chi connectivity index (χ2n) is 4.77. The van der Waals surface area contributed by atoms with Crippen molar-refractivity contribution in [3.05, 3.63) is 54.6 Å². The molecule has 2 aromatic carbocycles. The van der Waals surface area contributed by atoms with E-state index in [-0.39, 0.29) is 11.9 Å². The van der Waals surface area contributed by atoms with Crippen LogP contribution in [0.5, 0.6) is 5.75 Å². The van der Waals surface area contributed by atoms with Crippen LogP contribution in [0.15, 0.2) is 54.6 Å². The number of hydrogen-bond donors (Lipinski definition) is 2. The summed E-state index contributed by atoms with van der Waals surface area (Å²) >= 11 is 0. The summed E-state index contributed by atoms with van der Waals surface area (Å²) in [6.45, 7) is 0.444. The molecule has 0 bridgehead atoms. The minimum Gasteiger partial charge on any atom is -0.494 e. The van der Waals surface area contributed by atoms with Gasteiger partial charge in [-0.25, -0.2) is 0 Å². The maximum atomic E-state index is 11.1. The van der Waals surface area contributed by atoms with Crippen LogP contribution in [0.4, 0.5) is 0 Å². The molecule has 0 aliphatic rings. The molecule has 1 atom stereocenters. The quantitative estimate of drug-likeness (QED) is 0.819. The highest BCUT2D eigenvalue weighted by atomic mass is 16.5. The van der Waals surface area contributed by atoms with E-state index in [1.54, 1.807) is 7.05 Å². The van der Waals surface area contributed by atoms with Gasteiger partial charge in [0.2, 0.25) is 5.91 Å². The standard InChI is InChI=1S/C17H20N2O2/c1-19-16(17(18)20)11-12-21-15-9-7-14(8-10-15)13-5-3-2-4-6-13/h2-10,16,19H,11-12H2,1H3,(H2,18,20). The number of amides is 1. The number of carbonyl (C=O) groups is 1. The summed E-state index contributed by atoms with van der Waals surface area (Å²) in [4.78, 5) is 11.1. The van der Waals surface area contributed by atoms with Crippen molar-refractivity contribution in [1.82, 2.24) is 5.32 Å². The summed E-state index contributed by atoms with van der Waals surface area (Å²) in [5.74, 6) is 0.425. The molecule has 2 aromatic rings. The van der Waals surface area contributed by atoms with E-state index in [1.165, 1.54) is 5.56 Å². The second kappa shape index (κ2) is 7.45. The summed E-state index contributed by atoms with van der Waals surface area (Å²) < 4.78 is 5.63. The summed E-state index contributed by atoms with van der Waals surface area (Å²) in [6.07, 6.45) is 0.548. The largest absolute Gasteiger partial charge is 0.494 e. The van der Waals surface area contributed by atoms with E-state index in [4.69, 9.17) is 10.5 Å². The van der Waals surface area contributed by atoms with Crippen LogP contribution in [0.3, 0.4) is 0 Å². The number of rotatable bonds is 7. The Balaban J connectivity index is 1.90. The molecule has 0 aliphatic heterocycles. The summed E-state index contributed by atoms with van der Waals surface area (Å²) in [5, 5.41) is 2.86. The van der Waals surface area contributed by atoms with Crippen molar-refractivity contribution >= 4 is 5.91 Å². The monoisotopic (exact) mass is 284 g/mol. The number of carbonyl (C=O) groups excluding carboxylic acids is 1. The molecule has 0 fully saturated rings.